The van der Waals surface area contributed by atoms with Crippen molar-refractivity contribution in [3.8, 4) is 0 Å². The Morgan fingerprint density at radius 1 is 0.630 bits per heavy atom. The van der Waals surface area contributed by atoms with Crippen molar-refractivity contribution >= 4 is 39.2 Å². The molecule has 0 aliphatic heterocycles. The summed E-state index contributed by atoms with van der Waals surface area (Å²) in [5.41, 5.74) is 6.42. The van der Waals surface area contributed by atoms with Gasteiger partial charge in [-0.1, -0.05) is 60.7 Å². The second-order valence-corrected chi connectivity index (χ2v) is 5.92. The molecule has 4 aromatic carbocycles. The fraction of sp³-hybridized carbons (Fsp3) is 0. The van der Waals surface area contributed by atoms with Gasteiger partial charge >= 0.3 is 11.9 Å². The maximum absolute atomic E-state index is 10.8. The van der Waals surface area contributed by atoms with Crippen LogP contribution in [0.1, 0.15) is 20.7 Å². The molecule has 0 saturated carbocycles. The molecule has 27 heavy (non-hydrogen) atoms. The van der Waals surface area contributed by atoms with Crippen molar-refractivity contribution in [2.75, 3.05) is 5.73 Å². The Kier molecular flexibility index (Phi) is 5.04. The van der Waals surface area contributed by atoms with Crippen molar-refractivity contribution in [1.29, 1.82) is 0 Å². The van der Waals surface area contributed by atoms with Crippen LogP contribution in [0.4, 0.5) is 5.69 Å². The van der Waals surface area contributed by atoms with Crippen molar-refractivity contribution in [1.82, 2.24) is 0 Å². The van der Waals surface area contributed by atoms with Gasteiger partial charge in [-0.3, -0.25) is 0 Å². The van der Waals surface area contributed by atoms with E-state index in [0.29, 0.717) is 11.3 Å². The largest absolute Gasteiger partial charge is 0.478 e. The van der Waals surface area contributed by atoms with E-state index in [4.69, 9.17) is 15.9 Å². The number of hydrogen-bond donors (Lipinski definition) is 3. The lowest BCUT2D eigenvalue weighted by atomic mass is 10.1. The highest BCUT2D eigenvalue weighted by Gasteiger charge is 2.08. The first-order valence-electron chi connectivity index (χ1n) is 8.20. The number of fused-ring (bicyclic) bond motifs is 2. The molecule has 5 nitrogen and oxygen atoms in total. The lowest BCUT2D eigenvalue weighted by molar-refractivity contribution is 0.0687. The summed E-state index contributed by atoms with van der Waals surface area (Å²) in [6, 6.07) is 23.5. The molecule has 0 aliphatic rings. The van der Waals surface area contributed by atoms with Crippen LogP contribution in [0.3, 0.4) is 0 Å². The van der Waals surface area contributed by atoms with Crippen molar-refractivity contribution in [2.24, 2.45) is 0 Å². The van der Waals surface area contributed by atoms with Crippen LogP contribution in [0.5, 0.6) is 0 Å². The second kappa shape index (κ2) is 7.58. The van der Waals surface area contributed by atoms with E-state index in [1.54, 1.807) is 24.3 Å². The Morgan fingerprint density at radius 3 is 1.78 bits per heavy atom. The maximum Gasteiger partial charge on any atom is 0.337 e. The van der Waals surface area contributed by atoms with Gasteiger partial charge in [0, 0.05) is 5.69 Å². The van der Waals surface area contributed by atoms with Gasteiger partial charge in [-0.15, -0.1) is 0 Å². The Morgan fingerprint density at radius 2 is 1.15 bits per heavy atom. The monoisotopic (exact) mass is 359 g/mol. The van der Waals surface area contributed by atoms with Crippen LogP contribution in [0, 0.1) is 0 Å². The fourth-order valence-electron chi connectivity index (χ4n) is 2.86. The lowest BCUT2D eigenvalue weighted by Crippen LogP contribution is -2.01. The molecular formula is C22H17NO4. The summed E-state index contributed by atoms with van der Waals surface area (Å²) in [6.45, 7) is 0. The molecule has 0 saturated heterocycles. The lowest BCUT2D eigenvalue weighted by Gasteiger charge is -2.03. The smallest absolute Gasteiger partial charge is 0.337 e. The molecule has 0 amide bonds. The number of rotatable bonds is 2. The van der Waals surface area contributed by atoms with Crippen molar-refractivity contribution in [3.63, 3.8) is 0 Å². The van der Waals surface area contributed by atoms with Crippen molar-refractivity contribution in [3.05, 3.63) is 90.0 Å². The Hall–Kier alpha value is -3.86. The van der Waals surface area contributed by atoms with Gasteiger partial charge in [-0.05, 0) is 39.7 Å². The molecule has 4 aromatic rings. The molecule has 0 radical (unpaired) electrons. The molecule has 0 atom stereocenters. The standard InChI is InChI=1S/C11H9NO2.C11H8O2/c12-10-6-8-4-2-1-3-7(8)5-9(10)11(13)14;12-11(13)10-7-3-5-8-4-1-2-6-9(8)10/h1-6H,12H2,(H,13,14);1-7H,(H,12,13). The van der Waals surface area contributed by atoms with E-state index in [1.165, 1.54) is 0 Å². The average Bonchev–Trinajstić information content (AvgIpc) is 2.67. The van der Waals surface area contributed by atoms with Gasteiger partial charge in [0.25, 0.3) is 0 Å². The summed E-state index contributed by atoms with van der Waals surface area (Å²) in [5, 5.41) is 21.3. The second-order valence-electron chi connectivity index (χ2n) is 5.92. The molecule has 0 heterocycles. The number of anilines is 1. The summed E-state index contributed by atoms with van der Waals surface area (Å²) >= 11 is 0. The van der Waals surface area contributed by atoms with E-state index in [2.05, 4.69) is 0 Å². The highest BCUT2D eigenvalue weighted by molar-refractivity contribution is 6.03. The molecule has 0 aromatic heterocycles. The van der Waals surface area contributed by atoms with Crippen LogP contribution < -0.4 is 5.73 Å². The summed E-state index contributed by atoms with van der Waals surface area (Å²) in [4.78, 5) is 21.6. The van der Waals surface area contributed by atoms with Gasteiger partial charge in [-0.25, -0.2) is 9.59 Å². The molecule has 0 aliphatic carbocycles. The van der Waals surface area contributed by atoms with E-state index < -0.39 is 11.9 Å². The predicted octanol–water partition coefficient (Wildman–Crippen LogP) is 4.66. The molecule has 4 rings (SSSR count). The Balaban J connectivity index is 0.000000156. The first-order chi connectivity index (χ1) is 13.0. The fourth-order valence-corrected chi connectivity index (χ4v) is 2.86. The summed E-state index contributed by atoms with van der Waals surface area (Å²) in [7, 11) is 0. The zero-order valence-corrected chi connectivity index (χ0v) is 14.3. The third kappa shape index (κ3) is 3.88. The van der Waals surface area contributed by atoms with E-state index in [-0.39, 0.29) is 5.56 Å². The molecule has 0 fully saturated rings. The Labute approximate surface area is 155 Å². The van der Waals surface area contributed by atoms with Gasteiger partial charge in [0.15, 0.2) is 0 Å². The van der Waals surface area contributed by atoms with Crippen LogP contribution in [-0.2, 0) is 0 Å². The first kappa shape index (κ1) is 17.9. The number of aromatic carboxylic acids is 2. The topological polar surface area (TPSA) is 101 Å². The van der Waals surface area contributed by atoms with Gasteiger partial charge < -0.3 is 15.9 Å². The van der Waals surface area contributed by atoms with Crippen LogP contribution in [0.2, 0.25) is 0 Å². The summed E-state index contributed by atoms with van der Waals surface area (Å²) in [6.07, 6.45) is 0. The van der Waals surface area contributed by atoms with Crippen LogP contribution in [0.25, 0.3) is 21.5 Å². The van der Waals surface area contributed by atoms with Gasteiger partial charge in [0.2, 0.25) is 0 Å². The van der Waals surface area contributed by atoms with E-state index in [0.717, 1.165) is 21.5 Å². The SMILES string of the molecule is Nc1cc2ccccc2cc1C(=O)O.O=C(O)c1cccc2ccccc12. The molecule has 0 bridgehead atoms. The quantitative estimate of drug-likeness (QED) is 0.452. The number of carboxylic acids is 2. The molecule has 0 unspecified atom stereocenters. The third-order valence-corrected chi connectivity index (χ3v) is 4.17. The average molecular weight is 359 g/mol. The minimum atomic E-state index is -0.992. The van der Waals surface area contributed by atoms with E-state index in [1.807, 2.05) is 54.6 Å². The Bertz CT molecular complexity index is 1150. The van der Waals surface area contributed by atoms with Crippen LogP contribution in [-0.4, -0.2) is 22.2 Å². The van der Waals surface area contributed by atoms with Crippen molar-refractivity contribution in [2.45, 2.75) is 0 Å². The van der Waals surface area contributed by atoms with E-state index >= 15 is 0 Å². The number of nitrogen functional groups attached to an aromatic ring is 1. The summed E-state index contributed by atoms with van der Waals surface area (Å²) < 4.78 is 0. The zero-order valence-electron chi connectivity index (χ0n) is 14.3. The van der Waals surface area contributed by atoms with Crippen LogP contribution >= 0.6 is 0 Å². The highest BCUT2D eigenvalue weighted by Crippen LogP contribution is 2.21. The minimum absolute atomic E-state index is 0.156. The number of carboxylic acid groups (broad SMARTS) is 2. The van der Waals surface area contributed by atoms with Gasteiger partial charge in [0.1, 0.15) is 0 Å². The first-order valence-corrected chi connectivity index (χ1v) is 8.20. The number of carbonyl (C=O) groups is 2. The highest BCUT2D eigenvalue weighted by atomic mass is 16.4. The number of benzene rings is 4. The number of hydrogen-bond acceptors (Lipinski definition) is 3. The third-order valence-electron chi connectivity index (χ3n) is 4.17. The van der Waals surface area contributed by atoms with E-state index in [9.17, 15) is 9.59 Å². The molecule has 5 heteroatoms. The van der Waals surface area contributed by atoms with Crippen molar-refractivity contribution < 1.29 is 19.8 Å². The van der Waals surface area contributed by atoms with Gasteiger partial charge in [-0.2, -0.15) is 0 Å². The zero-order chi connectivity index (χ0) is 19.4. The minimum Gasteiger partial charge on any atom is -0.478 e. The molecule has 0 spiro atoms. The molecule has 134 valence electrons. The van der Waals surface area contributed by atoms with Crippen LogP contribution in [0.15, 0.2) is 78.9 Å². The predicted molar refractivity (Wildman–Crippen MR) is 106 cm³/mol. The van der Waals surface area contributed by atoms with Gasteiger partial charge in [0.05, 0.1) is 11.1 Å². The summed E-state index contributed by atoms with van der Waals surface area (Å²) in [5.74, 6) is -1.87. The normalized spacial score (nSPS) is 10.2. The number of nitrogens with two attached hydrogens (primary N) is 1. The molecule has 4 N–H and O–H groups in total. The molecular weight excluding hydrogens is 342 g/mol. The maximum atomic E-state index is 10.8.